The van der Waals surface area contributed by atoms with Crippen LogP contribution < -0.4 is 0 Å². The van der Waals surface area contributed by atoms with Gasteiger partial charge in [0.25, 0.3) is 0 Å². The fraction of sp³-hybridized carbons (Fsp3) is 0.889. The van der Waals surface area contributed by atoms with E-state index in [0.717, 1.165) is 32.1 Å². The molecule has 1 N–H and O–H groups in total. The standard InChI is InChI=1S/C18H34O5/c1-3-4-5-6-7-9-12-17(15-22-16(2)20)23-18(21)13-10-8-11-14-19/h17,19H,3-15H2,1-2H3. The lowest BCUT2D eigenvalue weighted by molar-refractivity contribution is -0.158. The lowest BCUT2D eigenvalue weighted by Crippen LogP contribution is -2.24. The van der Waals surface area contributed by atoms with E-state index in [1.165, 1.54) is 32.6 Å². The predicted molar refractivity (Wildman–Crippen MR) is 90.1 cm³/mol. The van der Waals surface area contributed by atoms with Crippen molar-refractivity contribution in [2.45, 2.75) is 90.6 Å². The summed E-state index contributed by atoms with van der Waals surface area (Å²) in [4.78, 5) is 22.7. The Bertz CT molecular complexity index is 304. The number of unbranched alkanes of at least 4 members (excludes halogenated alkanes) is 7. The number of hydrogen-bond acceptors (Lipinski definition) is 5. The zero-order valence-corrected chi connectivity index (χ0v) is 14.8. The molecule has 0 fully saturated rings. The molecule has 0 bridgehead atoms. The van der Waals surface area contributed by atoms with E-state index in [1.807, 2.05) is 0 Å². The van der Waals surface area contributed by atoms with Crippen LogP contribution in [-0.2, 0) is 19.1 Å². The van der Waals surface area contributed by atoms with E-state index in [9.17, 15) is 9.59 Å². The van der Waals surface area contributed by atoms with E-state index in [2.05, 4.69) is 6.92 Å². The van der Waals surface area contributed by atoms with Crippen molar-refractivity contribution in [1.29, 1.82) is 0 Å². The summed E-state index contributed by atoms with van der Waals surface area (Å²) in [6.07, 6.45) is 10.0. The van der Waals surface area contributed by atoms with Gasteiger partial charge in [0.15, 0.2) is 0 Å². The number of rotatable bonds is 15. The first-order chi connectivity index (χ1) is 11.1. The second kappa shape index (κ2) is 15.8. The molecule has 0 saturated heterocycles. The van der Waals surface area contributed by atoms with Crippen molar-refractivity contribution in [3.05, 3.63) is 0 Å². The first-order valence-electron chi connectivity index (χ1n) is 9.03. The average molecular weight is 330 g/mol. The molecule has 0 aliphatic rings. The molecule has 0 aliphatic carbocycles. The molecule has 0 heterocycles. The number of carbonyl (C=O) groups excluding carboxylic acids is 2. The maximum Gasteiger partial charge on any atom is 0.306 e. The molecule has 0 aromatic rings. The van der Waals surface area contributed by atoms with Gasteiger partial charge in [-0.05, 0) is 25.7 Å². The van der Waals surface area contributed by atoms with E-state index in [4.69, 9.17) is 14.6 Å². The highest BCUT2D eigenvalue weighted by Gasteiger charge is 2.15. The van der Waals surface area contributed by atoms with E-state index in [1.54, 1.807) is 0 Å². The Morgan fingerprint density at radius 1 is 0.957 bits per heavy atom. The molecule has 5 nitrogen and oxygen atoms in total. The summed E-state index contributed by atoms with van der Waals surface area (Å²) in [6.45, 7) is 3.85. The van der Waals surface area contributed by atoms with E-state index in [-0.39, 0.29) is 31.3 Å². The van der Waals surface area contributed by atoms with Crippen molar-refractivity contribution in [3.63, 3.8) is 0 Å². The number of aliphatic hydroxyl groups is 1. The molecule has 136 valence electrons. The molecule has 0 amide bonds. The SMILES string of the molecule is CCCCCCCCC(COC(C)=O)OC(=O)CCCCCO. The van der Waals surface area contributed by atoms with E-state index < -0.39 is 0 Å². The largest absolute Gasteiger partial charge is 0.462 e. The van der Waals surface area contributed by atoms with Gasteiger partial charge < -0.3 is 14.6 Å². The van der Waals surface area contributed by atoms with E-state index >= 15 is 0 Å². The van der Waals surface area contributed by atoms with Gasteiger partial charge in [0, 0.05) is 20.0 Å². The van der Waals surface area contributed by atoms with Crippen molar-refractivity contribution in [2.75, 3.05) is 13.2 Å². The fourth-order valence-electron chi connectivity index (χ4n) is 2.34. The summed E-state index contributed by atoms with van der Waals surface area (Å²) in [6, 6.07) is 0. The Kier molecular flexibility index (Phi) is 15.0. The third-order valence-electron chi connectivity index (χ3n) is 3.69. The molecule has 1 atom stereocenters. The highest BCUT2D eigenvalue weighted by atomic mass is 16.6. The number of hydrogen-bond donors (Lipinski definition) is 1. The number of esters is 2. The molecule has 0 aromatic heterocycles. The summed E-state index contributed by atoms with van der Waals surface area (Å²) in [5.74, 6) is -0.594. The van der Waals surface area contributed by atoms with Gasteiger partial charge in [-0.3, -0.25) is 9.59 Å². The van der Waals surface area contributed by atoms with Crippen LogP contribution in [0.5, 0.6) is 0 Å². The molecule has 0 radical (unpaired) electrons. The number of ether oxygens (including phenoxy) is 2. The molecule has 0 saturated carbocycles. The molecule has 5 heteroatoms. The van der Waals surface area contributed by atoms with Gasteiger partial charge in [-0.2, -0.15) is 0 Å². The molecule has 0 spiro atoms. The van der Waals surface area contributed by atoms with E-state index in [0.29, 0.717) is 12.8 Å². The van der Waals surface area contributed by atoms with Gasteiger partial charge in [-0.15, -0.1) is 0 Å². The monoisotopic (exact) mass is 330 g/mol. The Morgan fingerprint density at radius 3 is 2.26 bits per heavy atom. The third kappa shape index (κ3) is 15.6. The summed E-state index contributed by atoms with van der Waals surface area (Å²) >= 11 is 0. The first kappa shape index (κ1) is 21.9. The van der Waals surface area contributed by atoms with Gasteiger partial charge in [0.2, 0.25) is 0 Å². The van der Waals surface area contributed by atoms with Crippen LogP contribution in [0.3, 0.4) is 0 Å². The Labute approximate surface area is 140 Å². The number of aliphatic hydroxyl groups excluding tert-OH is 1. The second-order valence-corrected chi connectivity index (χ2v) is 6.01. The maximum atomic E-state index is 11.8. The molecule has 1 unspecified atom stereocenters. The van der Waals surface area contributed by atoms with Crippen molar-refractivity contribution in [1.82, 2.24) is 0 Å². The summed E-state index contributed by atoms with van der Waals surface area (Å²) in [7, 11) is 0. The van der Waals surface area contributed by atoms with Gasteiger partial charge in [-0.25, -0.2) is 0 Å². The van der Waals surface area contributed by atoms with Crippen molar-refractivity contribution in [2.24, 2.45) is 0 Å². The van der Waals surface area contributed by atoms with Gasteiger partial charge in [-0.1, -0.05) is 45.4 Å². The van der Waals surface area contributed by atoms with Crippen LogP contribution in [-0.4, -0.2) is 36.4 Å². The summed E-state index contributed by atoms with van der Waals surface area (Å²) < 4.78 is 10.4. The smallest absolute Gasteiger partial charge is 0.306 e. The lowest BCUT2D eigenvalue weighted by atomic mass is 10.1. The van der Waals surface area contributed by atoms with Crippen LogP contribution in [0.15, 0.2) is 0 Å². The minimum absolute atomic E-state index is 0.146. The quantitative estimate of drug-likeness (QED) is 0.365. The Morgan fingerprint density at radius 2 is 1.61 bits per heavy atom. The van der Waals surface area contributed by atoms with Crippen molar-refractivity contribution < 1.29 is 24.2 Å². The minimum atomic E-state index is -0.350. The van der Waals surface area contributed by atoms with Crippen LogP contribution in [0.4, 0.5) is 0 Å². The molecule has 0 aromatic carbocycles. The van der Waals surface area contributed by atoms with Gasteiger partial charge in [0.05, 0.1) is 0 Å². The highest BCUT2D eigenvalue weighted by Crippen LogP contribution is 2.12. The van der Waals surface area contributed by atoms with Crippen LogP contribution in [0, 0.1) is 0 Å². The zero-order valence-electron chi connectivity index (χ0n) is 14.8. The van der Waals surface area contributed by atoms with Crippen LogP contribution >= 0.6 is 0 Å². The molecule has 0 rings (SSSR count). The maximum absolute atomic E-state index is 11.8. The first-order valence-corrected chi connectivity index (χ1v) is 9.03. The third-order valence-corrected chi connectivity index (χ3v) is 3.69. The average Bonchev–Trinajstić information content (AvgIpc) is 2.52. The predicted octanol–water partition coefficient (Wildman–Crippen LogP) is 3.76. The fourth-order valence-corrected chi connectivity index (χ4v) is 2.34. The van der Waals surface area contributed by atoms with Gasteiger partial charge in [0.1, 0.15) is 12.7 Å². The number of carbonyl (C=O) groups is 2. The molecule has 0 aliphatic heterocycles. The summed E-state index contributed by atoms with van der Waals surface area (Å²) in [5, 5.41) is 8.71. The topological polar surface area (TPSA) is 72.8 Å². The molecule has 23 heavy (non-hydrogen) atoms. The van der Waals surface area contributed by atoms with Crippen molar-refractivity contribution >= 4 is 11.9 Å². The molecular formula is C18H34O5. The van der Waals surface area contributed by atoms with Crippen LogP contribution in [0.2, 0.25) is 0 Å². The van der Waals surface area contributed by atoms with Crippen LogP contribution in [0.25, 0.3) is 0 Å². The Balaban J connectivity index is 3.97. The lowest BCUT2D eigenvalue weighted by Gasteiger charge is -2.17. The summed E-state index contributed by atoms with van der Waals surface area (Å²) in [5.41, 5.74) is 0. The van der Waals surface area contributed by atoms with Crippen molar-refractivity contribution in [3.8, 4) is 0 Å². The molecular weight excluding hydrogens is 296 g/mol. The van der Waals surface area contributed by atoms with Crippen LogP contribution in [0.1, 0.15) is 84.5 Å². The Hall–Kier alpha value is -1.10. The van der Waals surface area contributed by atoms with Gasteiger partial charge >= 0.3 is 11.9 Å². The zero-order chi connectivity index (χ0) is 17.3. The highest BCUT2D eigenvalue weighted by molar-refractivity contribution is 5.69. The normalized spacial score (nSPS) is 12.0. The minimum Gasteiger partial charge on any atom is -0.462 e. The second-order valence-electron chi connectivity index (χ2n) is 6.01.